The summed E-state index contributed by atoms with van der Waals surface area (Å²) >= 11 is 0. The summed E-state index contributed by atoms with van der Waals surface area (Å²) in [6.45, 7) is 9.57. The minimum Gasteiger partial charge on any atom is -0.314 e. The van der Waals surface area contributed by atoms with Crippen LogP contribution in [-0.2, 0) is 0 Å². The molecule has 0 radical (unpaired) electrons. The second-order valence-corrected chi connectivity index (χ2v) is 6.51. The van der Waals surface area contributed by atoms with Gasteiger partial charge in [0.1, 0.15) is 5.82 Å². The minimum absolute atomic E-state index is 0.111. The molecule has 1 saturated heterocycles. The number of rotatable bonds is 3. The van der Waals surface area contributed by atoms with Crippen LogP contribution in [0.25, 0.3) is 0 Å². The van der Waals surface area contributed by atoms with Gasteiger partial charge < -0.3 is 5.32 Å². The predicted octanol–water partition coefficient (Wildman–Crippen LogP) is 2.73. The first kappa shape index (κ1) is 15.9. The van der Waals surface area contributed by atoms with Gasteiger partial charge in [-0.2, -0.15) is 0 Å². The molecule has 2 rings (SSSR count). The minimum atomic E-state index is -0.571. The summed E-state index contributed by atoms with van der Waals surface area (Å²) in [5, 5.41) is 14.6. The lowest BCUT2D eigenvalue weighted by Gasteiger charge is -2.42. The molecule has 0 saturated carbocycles. The standard InChI is InChI=1S/C15H22FN3O2/c1-15(2,3)14(18-8-6-17-7-9-18)12-5-4-11(16)10-13(12)19(20)21/h4-5,10,14,17H,6-9H2,1-3H3/t14-/m0/s1. The maximum absolute atomic E-state index is 13.4. The molecule has 5 nitrogen and oxygen atoms in total. The molecule has 116 valence electrons. The van der Waals surface area contributed by atoms with Crippen molar-refractivity contribution in [3.8, 4) is 0 Å². The van der Waals surface area contributed by atoms with Crippen molar-refractivity contribution < 1.29 is 9.31 Å². The fraction of sp³-hybridized carbons (Fsp3) is 0.600. The normalized spacial score (nSPS) is 18.5. The van der Waals surface area contributed by atoms with E-state index in [2.05, 4.69) is 31.0 Å². The van der Waals surface area contributed by atoms with Crippen molar-refractivity contribution in [3.63, 3.8) is 0 Å². The number of hydrogen-bond acceptors (Lipinski definition) is 4. The molecule has 1 aliphatic rings. The van der Waals surface area contributed by atoms with Gasteiger partial charge in [0.05, 0.1) is 11.0 Å². The van der Waals surface area contributed by atoms with Gasteiger partial charge in [0, 0.05) is 37.8 Å². The van der Waals surface area contributed by atoms with E-state index in [-0.39, 0.29) is 17.1 Å². The molecule has 21 heavy (non-hydrogen) atoms. The van der Waals surface area contributed by atoms with E-state index in [1.54, 1.807) is 6.07 Å². The van der Waals surface area contributed by atoms with Crippen LogP contribution in [0.4, 0.5) is 10.1 Å². The lowest BCUT2D eigenvalue weighted by Crippen LogP contribution is -2.48. The largest absolute Gasteiger partial charge is 0.314 e. The summed E-state index contributed by atoms with van der Waals surface area (Å²) in [4.78, 5) is 13.1. The third-order valence-electron chi connectivity index (χ3n) is 3.82. The van der Waals surface area contributed by atoms with Gasteiger partial charge >= 0.3 is 0 Å². The van der Waals surface area contributed by atoms with E-state index in [0.29, 0.717) is 5.56 Å². The second kappa shape index (κ2) is 6.07. The highest BCUT2D eigenvalue weighted by Gasteiger charge is 2.36. The van der Waals surface area contributed by atoms with Gasteiger partial charge in [-0.25, -0.2) is 4.39 Å². The van der Waals surface area contributed by atoms with Gasteiger partial charge in [-0.1, -0.05) is 20.8 Å². The second-order valence-electron chi connectivity index (χ2n) is 6.51. The highest BCUT2D eigenvalue weighted by Crippen LogP contribution is 2.41. The lowest BCUT2D eigenvalue weighted by molar-refractivity contribution is -0.386. The molecule has 0 amide bonds. The van der Waals surface area contributed by atoms with E-state index in [1.807, 2.05) is 0 Å². The fourth-order valence-corrected chi connectivity index (χ4v) is 3.06. The summed E-state index contributed by atoms with van der Waals surface area (Å²) in [6.07, 6.45) is 0. The zero-order valence-electron chi connectivity index (χ0n) is 12.7. The summed E-state index contributed by atoms with van der Waals surface area (Å²) in [6, 6.07) is 3.78. The van der Waals surface area contributed by atoms with Gasteiger partial charge in [-0.05, 0) is 17.5 Å². The SMILES string of the molecule is CC(C)(C)[C@H](c1ccc(F)cc1[N+](=O)[O-])N1CCNCC1. The number of piperazine rings is 1. The first-order chi connectivity index (χ1) is 9.80. The third kappa shape index (κ3) is 3.57. The Bertz CT molecular complexity index is 522. The molecular weight excluding hydrogens is 273 g/mol. The monoisotopic (exact) mass is 295 g/mol. The van der Waals surface area contributed by atoms with Gasteiger partial charge in [-0.3, -0.25) is 15.0 Å². The molecule has 1 N–H and O–H groups in total. The van der Waals surface area contributed by atoms with E-state index in [4.69, 9.17) is 0 Å². The van der Waals surface area contributed by atoms with Gasteiger partial charge in [0.2, 0.25) is 0 Å². The number of halogens is 1. The lowest BCUT2D eigenvalue weighted by atomic mass is 9.80. The Hall–Kier alpha value is -1.53. The average molecular weight is 295 g/mol. The Morgan fingerprint density at radius 1 is 1.33 bits per heavy atom. The predicted molar refractivity (Wildman–Crippen MR) is 79.7 cm³/mol. The van der Waals surface area contributed by atoms with E-state index in [1.165, 1.54) is 6.07 Å². The molecule has 1 atom stereocenters. The van der Waals surface area contributed by atoms with Crippen LogP contribution in [0.5, 0.6) is 0 Å². The summed E-state index contributed by atoms with van der Waals surface area (Å²) < 4.78 is 13.4. The van der Waals surface area contributed by atoms with Crippen molar-refractivity contribution in [2.75, 3.05) is 26.2 Å². The van der Waals surface area contributed by atoms with Crippen molar-refractivity contribution in [2.24, 2.45) is 5.41 Å². The highest BCUT2D eigenvalue weighted by atomic mass is 19.1. The molecule has 1 heterocycles. The molecule has 0 bridgehead atoms. The van der Waals surface area contributed by atoms with Crippen LogP contribution in [0.15, 0.2) is 18.2 Å². The summed E-state index contributed by atoms with van der Waals surface area (Å²) in [7, 11) is 0. The van der Waals surface area contributed by atoms with Crippen LogP contribution in [0.1, 0.15) is 32.4 Å². The maximum Gasteiger partial charge on any atom is 0.277 e. The van der Waals surface area contributed by atoms with E-state index >= 15 is 0 Å². The number of nitrogens with one attached hydrogen (secondary N) is 1. The van der Waals surface area contributed by atoms with Crippen molar-refractivity contribution in [3.05, 3.63) is 39.7 Å². The van der Waals surface area contributed by atoms with Crippen molar-refractivity contribution in [2.45, 2.75) is 26.8 Å². The van der Waals surface area contributed by atoms with Crippen LogP contribution >= 0.6 is 0 Å². The smallest absolute Gasteiger partial charge is 0.277 e. The first-order valence-corrected chi connectivity index (χ1v) is 7.19. The molecule has 1 aromatic rings. The Kier molecular flexibility index (Phi) is 4.58. The maximum atomic E-state index is 13.4. The number of benzene rings is 1. The van der Waals surface area contributed by atoms with E-state index < -0.39 is 10.7 Å². The summed E-state index contributed by atoms with van der Waals surface area (Å²) in [5.41, 5.74) is 0.282. The van der Waals surface area contributed by atoms with E-state index in [9.17, 15) is 14.5 Å². The Morgan fingerprint density at radius 3 is 2.48 bits per heavy atom. The van der Waals surface area contributed by atoms with Gasteiger partial charge in [-0.15, -0.1) is 0 Å². The zero-order valence-corrected chi connectivity index (χ0v) is 12.7. The highest BCUT2D eigenvalue weighted by molar-refractivity contribution is 5.43. The molecular formula is C15H22FN3O2. The molecule has 0 unspecified atom stereocenters. The first-order valence-electron chi connectivity index (χ1n) is 7.19. The van der Waals surface area contributed by atoms with Crippen molar-refractivity contribution in [1.29, 1.82) is 0 Å². The van der Waals surface area contributed by atoms with Crippen LogP contribution in [0, 0.1) is 21.3 Å². The average Bonchev–Trinajstić information content (AvgIpc) is 2.40. The molecule has 0 aromatic heterocycles. The topological polar surface area (TPSA) is 58.4 Å². The molecule has 0 spiro atoms. The fourth-order valence-electron chi connectivity index (χ4n) is 3.06. The number of nitro groups is 1. The molecule has 6 heteroatoms. The van der Waals surface area contributed by atoms with Crippen LogP contribution in [0.3, 0.4) is 0 Å². The Morgan fingerprint density at radius 2 is 1.95 bits per heavy atom. The van der Waals surface area contributed by atoms with Crippen molar-refractivity contribution >= 4 is 5.69 Å². The van der Waals surface area contributed by atoms with Crippen molar-refractivity contribution in [1.82, 2.24) is 10.2 Å². The third-order valence-corrected chi connectivity index (χ3v) is 3.82. The van der Waals surface area contributed by atoms with Crippen LogP contribution < -0.4 is 5.32 Å². The number of nitro benzene ring substituents is 1. The number of hydrogen-bond donors (Lipinski definition) is 1. The number of nitrogens with zero attached hydrogens (tertiary/aromatic N) is 2. The summed E-state index contributed by atoms with van der Waals surface area (Å²) in [5.74, 6) is -0.571. The molecule has 0 aliphatic carbocycles. The quantitative estimate of drug-likeness (QED) is 0.688. The Labute approximate surface area is 124 Å². The van der Waals surface area contributed by atoms with Gasteiger partial charge in [0.25, 0.3) is 5.69 Å². The van der Waals surface area contributed by atoms with Gasteiger partial charge in [0.15, 0.2) is 0 Å². The molecule has 1 aliphatic heterocycles. The van der Waals surface area contributed by atoms with Crippen LogP contribution in [0.2, 0.25) is 0 Å². The van der Waals surface area contributed by atoms with Crippen LogP contribution in [-0.4, -0.2) is 36.0 Å². The molecule has 1 aromatic carbocycles. The van der Waals surface area contributed by atoms with E-state index in [0.717, 1.165) is 32.2 Å². The Balaban J connectivity index is 2.48. The molecule has 1 fully saturated rings. The zero-order chi connectivity index (χ0) is 15.6.